The molecule has 3 heteroatoms. The highest BCUT2D eigenvalue weighted by molar-refractivity contribution is 5.81. The molecule has 0 heterocycles. The van der Waals surface area contributed by atoms with E-state index in [1.54, 1.807) is 0 Å². The zero-order valence-electron chi connectivity index (χ0n) is 12.3. The maximum atomic E-state index is 11.9. The van der Waals surface area contributed by atoms with Crippen molar-refractivity contribution in [1.82, 2.24) is 10.6 Å². The first-order valence-electron chi connectivity index (χ1n) is 7.58. The molecule has 0 unspecified atom stereocenters. The predicted molar refractivity (Wildman–Crippen MR) is 76.6 cm³/mol. The van der Waals surface area contributed by atoms with Gasteiger partial charge in [-0.2, -0.15) is 0 Å². The van der Waals surface area contributed by atoms with Gasteiger partial charge in [-0.25, -0.2) is 0 Å². The van der Waals surface area contributed by atoms with E-state index in [2.05, 4.69) is 17.6 Å². The molecular formula is C15H30N2O. The molecule has 106 valence electrons. The van der Waals surface area contributed by atoms with Gasteiger partial charge in [-0.3, -0.25) is 4.79 Å². The minimum atomic E-state index is -0.234. The maximum absolute atomic E-state index is 11.9. The Labute approximate surface area is 112 Å². The van der Waals surface area contributed by atoms with Gasteiger partial charge in [-0.1, -0.05) is 46.5 Å². The number of rotatable bonds is 6. The summed E-state index contributed by atoms with van der Waals surface area (Å²) in [5.41, 5.74) is -0.234. The van der Waals surface area contributed by atoms with Crippen LogP contribution in [0, 0.1) is 5.41 Å². The summed E-state index contributed by atoms with van der Waals surface area (Å²) in [6.45, 7) is 7.71. The monoisotopic (exact) mass is 254 g/mol. The fourth-order valence-electron chi connectivity index (χ4n) is 2.34. The summed E-state index contributed by atoms with van der Waals surface area (Å²) in [4.78, 5) is 11.9. The quantitative estimate of drug-likeness (QED) is 0.565. The van der Waals surface area contributed by atoms with Crippen LogP contribution in [-0.2, 0) is 4.79 Å². The van der Waals surface area contributed by atoms with Crippen molar-refractivity contribution in [3.63, 3.8) is 0 Å². The summed E-state index contributed by atoms with van der Waals surface area (Å²) in [5, 5.41) is 6.60. The molecule has 0 bridgehead atoms. The molecule has 1 aliphatic carbocycles. The van der Waals surface area contributed by atoms with Gasteiger partial charge >= 0.3 is 0 Å². The third-order valence-corrected chi connectivity index (χ3v) is 4.20. The van der Waals surface area contributed by atoms with Crippen molar-refractivity contribution in [3.8, 4) is 0 Å². The molecule has 2 N–H and O–H groups in total. The molecule has 1 saturated carbocycles. The number of nitrogens with one attached hydrogen (secondary N) is 2. The van der Waals surface area contributed by atoms with E-state index in [1.807, 2.05) is 13.8 Å². The summed E-state index contributed by atoms with van der Waals surface area (Å²) in [6, 6.07) is 0.670. The molecule has 18 heavy (non-hydrogen) atoms. The average molecular weight is 254 g/mol. The van der Waals surface area contributed by atoms with Crippen molar-refractivity contribution >= 4 is 5.91 Å². The first kappa shape index (κ1) is 15.5. The lowest BCUT2D eigenvalue weighted by atomic mass is 9.89. The van der Waals surface area contributed by atoms with Gasteiger partial charge in [0.05, 0.1) is 0 Å². The van der Waals surface area contributed by atoms with Gasteiger partial charge in [0.15, 0.2) is 0 Å². The Kier molecular flexibility index (Phi) is 6.69. The highest BCUT2D eigenvalue weighted by atomic mass is 16.2. The van der Waals surface area contributed by atoms with Gasteiger partial charge in [0, 0.05) is 24.5 Å². The van der Waals surface area contributed by atoms with Crippen molar-refractivity contribution < 1.29 is 4.79 Å². The van der Waals surface area contributed by atoms with Gasteiger partial charge in [0.2, 0.25) is 5.91 Å². The molecule has 0 atom stereocenters. The largest absolute Gasteiger partial charge is 0.354 e. The van der Waals surface area contributed by atoms with Crippen molar-refractivity contribution in [2.75, 3.05) is 13.1 Å². The van der Waals surface area contributed by atoms with Gasteiger partial charge in [-0.05, 0) is 19.3 Å². The lowest BCUT2D eigenvalue weighted by molar-refractivity contribution is -0.129. The standard InChI is InChI=1S/C15H30N2O/c1-4-15(2,3)14(18)17-12-11-16-13-9-7-5-6-8-10-13/h13,16H,4-12H2,1-3H3,(H,17,18). The van der Waals surface area contributed by atoms with Gasteiger partial charge in [0.1, 0.15) is 0 Å². The minimum absolute atomic E-state index is 0.174. The molecule has 0 spiro atoms. The topological polar surface area (TPSA) is 41.1 Å². The lowest BCUT2D eigenvalue weighted by Crippen LogP contribution is -2.41. The van der Waals surface area contributed by atoms with Crippen LogP contribution in [0.2, 0.25) is 0 Å². The summed E-state index contributed by atoms with van der Waals surface area (Å²) in [7, 11) is 0. The second kappa shape index (κ2) is 7.78. The van der Waals surface area contributed by atoms with Crippen LogP contribution < -0.4 is 10.6 Å². The third kappa shape index (κ3) is 5.38. The van der Waals surface area contributed by atoms with Crippen LogP contribution in [0.5, 0.6) is 0 Å². The number of hydrogen-bond acceptors (Lipinski definition) is 2. The Bertz CT molecular complexity index is 243. The summed E-state index contributed by atoms with van der Waals surface area (Å²) < 4.78 is 0. The van der Waals surface area contributed by atoms with E-state index in [0.717, 1.165) is 19.5 Å². The van der Waals surface area contributed by atoms with Crippen LogP contribution in [0.3, 0.4) is 0 Å². The molecule has 0 radical (unpaired) electrons. The van der Waals surface area contributed by atoms with Crippen molar-refractivity contribution in [2.45, 2.75) is 71.8 Å². The zero-order valence-corrected chi connectivity index (χ0v) is 12.3. The first-order chi connectivity index (χ1) is 8.56. The molecule has 0 saturated heterocycles. The molecular weight excluding hydrogens is 224 g/mol. The van der Waals surface area contributed by atoms with E-state index in [0.29, 0.717) is 6.04 Å². The van der Waals surface area contributed by atoms with Crippen molar-refractivity contribution in [3.05, 3.63) is 0 Å². The first-order valence-corrected chi connectivity index (χ1v) is 7.58. The molecule has 1 aliphatic rings. The molecule has 0 aromatic rings. The van der Waals surface area contributed by atoms with E-state index in [-0.39, 0.29) is 11.3 Å². The molecule has 1 fully saturated rings. The Morgan fingerprint density at radius 3 is 2.28 bits per heavy atom. The van der Waals surface area contributed by atoms with E-state index >= 15 is 0 Å². The third-order valence-electron chi connectivity index (χ3n) is 4.20. The zero-order chi connectivity index (χ0) is 13.4. The maximum Gasteiger partial charge on any atom is 0.225 e. The Hall–Kier alpha value is -0.570. The van der Waals surface area contributed by atoms with Gasteiger partial charge in [0.25, 0.3) is 0 Å². The molecule has 1 amide bonds. The molecule has 3 nitrogen and oxygen atoms in total. The van der Waals surface area contributed by atoms with E-state index in [4.69, 9.17) is 0 Å². The number of amides is 1. The molecule has 1 rings (SSSR count). The Morgan fingerprint density at radius 1 is 1.11 bits per heavy atom. The number of carbonyl (C=O) groups excluding carboxylic acids is 1. The number of hydrogen-bond donors (Lipinski definition) is 2. The normalized spacial score (nSPS) is 18.4. The minimum Gasteiger partial charge on any atom is -0.354 e. The second-order valence-electron chi connectivity index (χ2n) is 6.14. The van der Waals surface area contributed by atoms with E-state index < -0.39 is 0 Å². The van der Waals surface area contributed by atoms with Crippen LogP contribution in [-0.4, -0.2) is 25.0 Å². The summed E-state index contributed by atoms with van der Waals surface area (Å²) >= 11 is 0. The van der Waals surface area contributed by atoms with Crippen molar-refractivity contribution in [1.29, 1.82) is 0 Å². The molecule has 0 aliphatic heterocycles. The van der Waals surface area contributed by atoms with E-state index in [9.17, 15) is 4.79 Å². The van der Waals surface area contributed by atoms with Crippen LogP contribution >= 0.6 is 0 Å². The van der Waals surface area contributed by atoms with Crippen LogP contribution in [0.1, 0.15) is 65.7 Å². The number of carbonyl (C=O) groups is 1. The average Bonchev–Trinajstić information content (AvgIpc) is 2.62. The predicted octanol–water partition coefficient (Wildman–Crippen LogP) is 2.85. The SMILES string of the molecule is CCC(C)(C)C(=O)NCCNC1CCCCCC1. The fourth-order valence-corrected chi connectivity index (χ4v) is 2.34. The Balaban J connectivity index is 2.12. The smallest absolute Gasteiger partial charge is 0.225 e. The van der Waals surface area contributed by atoms with Gasteiger partial charge < -0.3 is 10.6 Å². The second-order valence-corrected chi connectivity index (χ2v) is 6.14. The van der Waals surface area contributed by atoms with Crippen LogP contribution in [0.15, 0.2) is 0 Å². The van der Waals surface area contributed by atoms with Crippen LogP contribution in [0.25, 0.3) is 0 Å². The van der Waals surface area contributed by atoms with Gasteiger partial charge in [-0.15, -0.1) is 0 Å². The highest BCUT2D eigenvalue weighted by Crippen LogP contribution is 2.19. The fraction of sp³-hybridized carbons (Fsp3) is 0.933. The van der Waals surface area contributed by atoms with Crippen LogP contribution in [0.4, 0.5) is 0 Å². The summed E-state index contributed by atoms with van der Waals surface area (Å²) in [6.07, 6.45) is 8.97. The van der Waals surface area contributed by atoms with Crippen molar-refractivity contribution in [2.24, 2.45) is 5.41 Å². The molecule has 0 aromatic carbocycles. The summed E-state index contributed by atoms with van der Waals surface area (Å²) in [5.74, 6) is 0.174. The molecule has 0 aromatic heterocycles. The lowest BCUT2D eigenvalue weighted by Gasteiger charge is -2.22. The highest BCUT2D eigenvalue weighted by Gasteiger charge is 2.24. The van der Waals surface area contributed by atoms with E-state index in [1.165, 1.54) is 38.5 Å². The Morgan fingerprint density at radius 2 is 1.72 bits per heavy atom.